The molecule has 1 unspecified atom stereocenters. The van der Waals surface area contributed by atoms with Crippen LogP contribution in [0.15, 0.2) is 60.8 Å². The van der Waals surface area contributed by atoms with Crippen molar-refractivity contribution in [3.63, 3.8) is 0 Å². The largest absolute Gasteiger partial charge is 0.375 e. The number of nitriles is 1. The highest BCUT2D eigenvalue weighted by molar-refractivity contribution is 5.94. The third kappa shape index (κ3) is 4.52. The first-order chi connectivity index (χ1) is 17.1. The summed E-state index contributed by atoms with van der Waals surface area (Å²) >= 11 is 0. The average molecular weight is 462 g/mol. The van der Waals surface area contributed by atoms with E-state index in [0.717, 1.165) is 44.4 Å². The van der Waals surface area contributed by atoms with Gasteiger partial charge in [0.05, 0.1) is 48.7 Å². The summed E-state index contributed by atoms with van der Waals surface area (Å²) in [7, 11) is 0. The van der Waals surface area contributed by atoms with Gasteiger partial charge in [-0.05, 0) is 65.6 Å². The van der Waals surface area contributed by atoms with Gasteiger partial charge in [0.2, 0.25) is 0 Å². The van der Waals surface area contributed by atoms with Crippen LogP contribution in [0.5, 0.6) is 0 Å². The molecule has 0 radical (unpaired) electrons. The summed E-state index contributed by atoms with van der Waals surface area (Å²) < 4.78 is 5.45. The number of amides is 1. The van der Waals surface area contributed by atoms with Crippen molar-refractivity contribution in [2.75, 3.05) is 6.61 Å². The van der Waals surface area contributed by atoms with Crippen LogP contribution in [-0.4, -0.2) is 28.7 Å². The molecule has 7 nitrogen and oxygen atoms in total. The lowest BCUT2D eigenvalue weighted by atomic mass is 9.92. The Labute approximate surface area is 202 Å². The molecule has 7 heteroatoms. The molecule has 2 aromatic heterocycles. The van der Waals surface area contributed by atoms with Crippen molar-refractivity contribution >= 4 is 23.0 Å². The third-order valence-corrected chi connectivity index (χ3v) is 6.27. The molecule has 1 aliphatic rings. The van der Waals surface area contributed by atoms with Gasteiger partial charge in [-0.2, -0.15) is 5.26 Å². The number of rotatable bonds is 5. The first kappa shape index (κ1) is 22.4. The van der Waals surface area contributed by atoms with Crippen molar-refractivity contribution in [2.45, 2.75) is 26.0 Å². The van der Waals surface area contributed by atoms with E-state index in [-0.39, 0.29) is 18.4 Å². The molecule has 3 heterocycles. The number of hydrogen-bond donors (Lipinski definition) is 2. The van der Waals surface area contributed by atoms with Gasteiger partial charge in [-0.15, -0.1) is 0 Å². The van der Waals surface area contributed by atoms with Gasteiger partial charge in [0.15, 0.2) is 0 Å². The Morgan fingerprint density at radius 1 is 1.23 bits per heavy atom. The summed E-state index contributed by atoms with van der Waals surface area (Å²) in [5.41, 5.74) is 7.44. The topological polar surface area (TPSA) is 112 Å². The zero-order chi connectivity index (χ0) is 24.4. The summed E-state index contributed by atoms with van der Waals surface area (Å²) in [6.45, 7) is 3.03. The van der Waals surface area contributed by atoms with Crippen LogP contribution in [0.2, 0.25) is 0 Å². The maximum absolute atomic E-state index is 12.8. The fraction of sp³-hybridized carbons (Fsp3) is 0.179. The Kier molecular flexibility index (Phi) is 6.04. The molecule has 0 saturated carbocycles. The second kappa shape index (κ2) is 9.45. The maximum atomic E-state index is 12.8. The lowest BCUT2D eigenvalue weighted by molar-refractivity contribution is 0.0945. The van der Waals surface area contributed by atoms with E-state index in [4.69, 9.17) is 15.1 Å². The molecule has 35 heavy (non-hydrogen) atoms. The van der Waals surface area contributed by atoms with Crippen molar-refractivity contribution in [1.29, 1.82) is 10.7 Å². The van der Waals surface area contributed by atoms with E-state index in [1.807, 2.05) is 49.4 Å². The van der Waals surface area contributed by atoms with Gasteiger partial charge in [-0.25, -0.2) is 4.98 Å². The number of nitrogens with one attached hydrogen (secondary N) is 2. The lowest BCUT2D eigenvalue weighted by Crippen LogP contribution is -2.24. The minimum atomic E-state index is -0.363. The average Bonchev–Trinajstić information content (AvgIpc) is 2.90. The predicted molar refractivity (Wildman–Crippen MR) is 133 cm³/mol. The monoisotopic (exact) mass is 461 g/mol. The Hall–Kier alpha value is -4.41. The quantitative estimate of drug-likeness (QED) is 0.420. The fourth-order valence-corrected chi connectivity index (χ4v) is 4.22. The van der Waals surface area contributed by atoms with Gasteiger partial charge >= 0.3 is 0 Å². The van der Waals surface area contributed by atoms with Gasteiger partial charge in [0.25, 0.3) is 5.91 Å². The van der Waals surface area contributed by atoms with Gasteiger partial charge in [-0.3, -0.25) is 9.78 Å². The molecule has 1 amide bonds. The van der Waals surface area contributed by atoms with Crippen LogP contribution >= 0.6 is 0 Å². The second-order valence-corrected chi connectivity index (χ2v) is 8.57. The summed E-state index contributed by atoms with van der Waals surface area (Å²) in [6, 6.07) is 19.4. The van der Waals surface area contributed by atoms with Crippen molar-refractivity contribution in [3.05, 3.63) is 94.3 Å². The molecular formula is C28H23N5O2. The van der Waals surface area contributed by atoms with Gasteiger partial charge in [-0.1, -0.05) is 18.2 Å². The van der Waals surface area contributed by atoms with Crippen LogP contribution in [0.4, 0.5) is 0 Å². The van der Waals surface area contributed by atoms with E-state index in [9.17, 15) is 10.1 Å². The zero-order valence-corrected chi connectivity index (χ0v) is 19.2. The predicted octanol–water partition coefficient (Wildman–Crippen LogP) is 4.67. The summed E-state index contributed by atoms with van der Waals surface area (Å²) in [6.07, 6.45) is 3.10. The Morgan fingerprint density at radius 3 is 2.94 bits per heavy atom. The van der Waals surface area contributed by atoms with Crippen molar-refractivity contribution in [2.24, 2.45) is 0 Å². The van der Waals surface area contributed by atoms with Gasteiger partial charge in [0, 0.05) is 28.9 Å². The van der Waals surface area contributed by atoms with Crippen molar-refractivity contribution in [1.82, 2.24) is 15.3 Å². The molecule has 1 atom stereocenters. The molecule has 4 aromatic rings. The van der Waals surface area contributed by atoms with E-state index in [2.05, 4.69) is 16.4 Å². The third-order valence-electron chi connectivity index (χ3n) is 6.27. The normalized spacial score (nSPS) is 14.7. The van der Waals surface area contributed by atoms with E-state index >= 15 is 0 Å². The van der Waals surface area contributed by atoms with Crippen LogP contribution < -0.4 is 5.32 Å². The van der Waals surface area contributed by atoms with Crippen LogP contribution in [0, 0.1) is 23.7 Å². The molecule has 0 bridgehead atoms. The van der Waals surface area contributed by atoms with Gasteiger partial charge < -0.3 is 15.5 Å². The van der Waals surface area contributed by atoms with Crippen LogP contribution in [-0.2, 0) is 17.9 Å². The number of carbonyl (C=O) groups is 1. The molecule has 0 saturated heterocycles. The number of ether oxygens (including phenoxy) is 1. The summed E-state index contributed by atoms with van der Waals surface area (Å²) in [5.74, 6) is -0.587. The fourth-order valence-electron chi connectivity index (χ4n) is 4.22. The van der Waals surface area contributed by atoms with Crippen LogP contribution in [0.1, 0.15) is 44.2 Å². The van der Waals surface area contributed by atoms with Crippen LogP contribution in [0.25, 0.3) is 22.2 Å². The number of nitrogens with zero attached hydrogens (tertiary/aromatic N) is 3. The van der Waals surface area contributed by atoms with Crippen molar-refractivity contribution in [3.8, 4) is 17.3 Å². The molecule has 2 N–H and O–H groups in total. The molecular weight excluding hydrogens is 438 g/mol. The maximum Gasteiger partial charge on any atom is 0.251 e. The van der Waals surface area contributed by atoms with E-state index in [1.54, 1.807) is 18.3 Å². The summed E-state index contributed by atoms with van der Waals surface area (Å²) in [5, 5.41) is 20.8. The van der Waals surface area contributed by atoms with E-state index < -0.39 is 0 Å². The molecule has 0 fully saturated rings. The number of aromatic nitrogens is 2. The molecule has 5 rings (SSSR count). The van der Waals surface area contributed by atoms with Gasteiger partial charge in [0.1, 0.15) is 0 Å². The summed E-state index contributed by atoms with van der Waals surface area (Å²) in [4.78, 5) is 22.1. The Balaban J connectivity index is 1.35. The number of aryl methyl sites for hydroxylation is 1. The molecule has 1 aliphatic heterocycles. The minimum absolute atomic E-state index is 0.224. The zero-order valence-electron chi connectivity index (χ0n) is 19.2. The molecule has 172 valence electrons. The number of pyridine rings is 2. The first-order valence-electron chi connectivity index (χ1n) is 11.3. The second-order valence-electron chi connectivity index (χ2n) is 8.57. The van der Waals surface area contributed by atoms with E-state index in [1.165, 1.54) is 6.21 Å². The number of benzene rings is 2. The molecule has 0 aliphatic carbocycles. The molecule has 2 aromatic carbocycles. The molecule has 0 spiro atoms. The number of fused-ring (bicyclic) bond motifs is 2. The van der Waals surface area contributed by atoms with Crippen molar-refractivity contribution < 1.29 is 9.53 Å². The highest BCUT2D eigenvalue weighted by Gasteiger charge is 2.22. The van der Waals surface area contributed by atoms with Crippen LogP contribution in [0.3, 0.4) is 0 Å². The lowest BCUT2D eigenvalue weighted by Gasteiger charge is -2.21. The first-order valence-corrected chi connectivity index (χ1v) is 11.3. The Bertz CT molecular complexity index is 1510. The smallest absolute Gasteiger partial charge is 0.251 e. The standard InChI is InChI=1S/C28H23N5O2/c1-17-2-3-18(8-22(17)11-29)26-7-6-20-13-31-24(10-27(20)33-26)14-32-28(34)19-4-5-21-15-35-16-23(12-30)25(21)9-19/h2-11,13,23,29H,14-16H2,1H3,(H,32,34). The number of carbonyl (C=O) groups excluding carboxylic acids is 1. The highest BCUT2D eigenvalue weighted by Crippen LogP contribution is 2.27. The number of hydrogen-bond acceptors (Lipinski definition) is 6. The SMILES string of the molecule is Cc1ccc(-c2ccc3cnc(CNC(=O)c4ccc5c(c4)C(C#N)COC5)cc3n2)cc1C=N. The Morgan fingerprint density at radius 2 is 2.11 bits per heavy atom. The highest BCUT2D eigenvalue weighted by atomic mass is 16.5. The van der Waals surface area contributed by atoms with E-state index in [0.29, 0.717) is 24.5 Å². The minimum Gasteiger partial charge on any atom is -0.375 e.